The molecule has 0 aliphatic carbocycles. The number of rotatable bonds is 8. The Morgan fingerprint density at radius 3 is 2.30 bits per heavy atom. The molecule has 3 rings (SSSR count). The number of carbonyl (C=O) groups excluding carboxylic acids is 2. The second-order valence-corrected chi connectivity index (χ2v) is 10.7. The maximum Gasteiger partial charge on any atom is 0.338 e. The van der Waals surface area contributed by atoms with E-state index in [0.717, 1.165) is 18.4 Å². The molecule has 33 heavy (non-hydrogen) atoms. The van der Waals surface area contributed by atoms with Gasteiger partial charge in [0.15, 0.2) is 6.61 Å². The van der Waals surface area contributed by atoms with Crippen molar-refractivity contribution in [2.75, 3.05) is 25.1 Å². The van der Waals surface area contributed by atoms with E-state index in [1.165, 1.54) is 24.3 Å². The van der Waals surface area contributed by atoms with Gasteiger partial charge in [0, 0.05) is 18.8 Å². The number of ether oxygens (including phenoxy) is 2. The number of sulfonamides is 1. The third-order valence-corrected chi connectivity index (χ3v) is 6.73. The van der Waals surface area contributed by atoms with Gasteiger partial charge in [0.05, 0.1) is 16.6 Å². The molecule has 0 bridgehead atoms. The molecular weight excluding hydrogens is 444 g/mol. The molecule has 0 saturated carbocycles. The van der Waals surface area contributed by atoms with Gasteiger partial charge < -0.3 is 14.8 Å². The Morgan fingerprint density at radius 2 is 1.73 bits per heavy atom. The van der Waals surface area contributed by atoms with Crippen LogP contribution in [-0.4, -0.2) is 46.2 Å². The number of benzene rings is 2. The highest BCUT2D eigenvalue weighted by atomic mass is 32.2. The van der Waals surface area contributed by atoms with Crippen molar-refractivity contribution >= 4 is 27.6 Å². The number of hydrogen-bond acceptors (Lipinski definition) is 6. The monoisotopic (exact) mass is 474 g/mol. The molecule has 1 amide bonds. The number of carbonyl (C=O) groups is 2. The van der Waals surface area contributed by atoms with Crippen LogP contribution in [0.4, 0.5) is 5.69 Å². The smallest absolute Gasteiger partial charge is 0.338 e. The Labute approximate surface area is 194 Å². The van der Waals surface area contributed by atoms with Crippen molar-refractivity contribution in [1.29, 1.82) is 0 Å². The summed E-state index contributed by atoms with van der Waals surface area (Å²) in [4.78, 5) is 24.4. The number of hydrogen-bond donors (Lipinski definition) is 2. The summed E-state index contributed by atoms with van der Waals surface area (Å²) in [5, 5.41) is 2.68. The Balaban J connectivity index is 1.49. The SMILES string of the molecule is CC(C)(C)c1ccc(NC(=O)COC(=O)c2ccc(S(=O)(=O)NCC3CCCO3)cc2)cc1. The predicted molar refractivity (Wildman–Crippen MR) is 125 cm³/mol. The minimum Gasteiger partial charge on any atom is -0.452 e. The fraction of sp³-hybridized carbons (Fsp3) is 0.417. The summed E-state index contributed by atoms with van der Waals surface area (Å²) in [5.41, 5.74) is 1.90. The van der Waals surface area contributed by atoms with E-state index in [9.17, 15) is 18.0 Å². The van der Waals surface area contributed by atoms with Gasteiger partial charge in [-0.1, -0.05) is 32.9 Å². The number of amides is 1. The highest BCUT2D eigenvalue weighted by Crippen LogP contribution is 2.23. The Bertz CT molecular complexity index is 1070. The van der Waals surface area contributed by atoms with E-state index < -0.39 is 28.5 Å². The van der Waals surface area contributed by atoms with Crippen LogP contribution in [0.2, 0.25) is 0 Å². The lowest BCUT2D eigenvalue weighted by Gasteiger charge is -2.19. The molecule has 2 N–H and O–H groups in total. The molecule has 178 valence electrons. The standard InChI is InChI=1S/C24H30N2O6S/c1-24(2,3)18-8-10-19(11-9-18)26-22(27)16-32-23(28)17-6-12-21(13-7-17)33(29,30)25-15-20-5-4-14-31-20/h6-13,20,25H,4-5,14-16H2,1-3H3,(H,26,27). The van der Waals surface area contributed by atoms with Crippen molar-refractivity contribution in [2.45, 2.75) is 50.0 Å². The first-order valence-electron chi connectivity index (χ1n) is 10.8. The fourth-order valence-corrected chi connectivity index (χ4v) is 4.39. The number of nitrogens with one attached hydrogen (secondary N) is 2. The lowest BCUT2D eigenvalue weighted by Crippen LogP contribution is -2.31. The van der Waals surface area contributed by atoms with E-state index in [1.807, 2.05) is 12.1 Å². The second kappa shape index (κ2) is 10.5. The first kappa shape index (κ1) is 24.9. The van der Waals surface area contributed by atoms with Crippen molar-refractivity contribution in [3.05, 3.63) is 59.7 Å². The summed E-state index contributed by atoms with van der Waals surface area (Å²) in [6, 6.07) is 12.8. The van der Waals surface area contributed by atoms with Crippen LogP contribution in [0, 0.1) is 0 Å². The Morgan fingerprint density at radius 1 is 1.06 bits per heavy atom. The Hall–Kier alpha value is -2.75. The van der Waals surface area contributed by atoms with Gasteiger partial charge in [0.1, 0.15) is 0 Å². The quantitative estimate of drug-likeness (QED) is 0.569. The summed E-state index contributed by atoms with van der Waals surface area (Å²) >= 11 is 0. The Kier molecular flexibility index (Phi) is 7.88. The first-order chi connectivity index (χ1) is 15.5. The molecule has 2 aromatic carbocycles. The lowest BCUT2D eigenvalue weighted by molar-refractivity contribution is -0.119. The van der Waals surface area contributed by atoms with Crippen LogP contribution >= 0.6 is 0 Å². The van der Waals surface area contributed by atoms with Crippen LogP contribution < -0.4 is 10.0 Å². The summed E-state index contributed by atoms with van der Waals surface area (Å²) < 4.78 is 37.8. The summed E-state index contributed by atoms with van der Waals surface area (Å²) in [5.74, 6) is -1.19. The van der Waals surface area contributed by atoms with Gasteiger partial charge in [-0.3, -0.25) is 4.79 Å². The van der Waals surface area contributed by atoms with Gasteiger partial charge in [-0.05, 0) is 60.2 Å². The third kappa shape index (κ3) is 7.12. The maximum absolute atomic E-state index is 12.4. The largest absolute Gasteiger partial charge is 0.452 e. The van der Waals surface area contributed by atoms with Crippen LogP contribution in [0.3, 0.4) is 0 Å². The molecule has 0 aromatic heterocycles. The highest BCUT2D eigenvalue weighted by Gasteiger charge is 2.21. The third-order valence-electron chi connectivity index (χ3n) is 5.29. The van der Waals surface area contributed by atoms with Crippen molar-refractivity contribution in [3.8, 4) is 0 Å². The minimum absolute atomic E-state index is 0.00733. The molecular formula is C24H30N2O6S. The summed E-state index contributed by atoms with van der Waals surface area (Å²) in [6.07, 6.45) is 1.63. The molecule has 0 radical (unpaired) electrons. The molecule has 1 fully saturated rings. The van der Waals surface area contributed by atoms with Gasteiger partial charge in [0.25, 0.3) is 5.91 Å². The topological polar surface area (TPSA) is 111 Å². The molecule has 1 saturated heterocycles. The van der Waals surface area contributed by atoms with Gasteiger partial charge >= 0.3 is 5.97 Å². The molecule has 1 heterocycles. The normalized spacial score (nSPS) is 16.4. The predicted octanol–water partition coefficient (Wildman–Crippen LogP) is 3.24. The molecule has 0 spiro atoms. The van der Waals surface area contributed by atoms with E-state index in [0.29, 0.717) is 12.3 Å². The van der Waals surface area contributed by atoms with Gasteiger partial charge in [0.2, 0.25) is 10.0 Å². The molecule has 1 atom stereocenters. The minimum atomic E-state index is -3.71. The molecule has 8 nitrogen and oxygen atoms in total. The zero-order chi connectivity index (χ0) is 24.1. The van der Waals surface area contributed by atoms with E-state index >= 15 is 0 Å². The zero-order valence-electron chi connectivity index (χ0n) is 19.1. The van der Waals surface area contributed by atoms with Gasteiger partial charge in [-0.25, -0.2) is 17.9 Å². The van der Waals surface area contributed by atoms with Crippen LogP contribution in [-0.2, 0) is 29.7 Å². The number of esters is 1. The van der Waals surface area contributed by atoms with E-state index in [1.54, 1.807) is 12.1 Å². The lowest BCUT2D eigenvalue weighted by atomic mass is 9.87. The number of anilines is 1. The van der Waals surface area contributed by atoms with Crippen molar-refractivity contribution in [2.24, 2.45) is 0 Å². The molecule has 1 aliphatic rings. The summed E-state index contributed by atoms with van der Waals surface area (Å²) in [7, 11) is -3.71. The molecule has 2 aromatic rings. The van der Waals surface area contributed by atoms with Gasteiger partial charge in [-0.15, -0.1) is 0 Å². The van der Waals surface area contributed by atoms with E-state index in [-0.39, 0.29) is 28.5 Å². The van der Waals surface area contributed by atoms with Crippen molar-refractivity contribution in [3.63, 3.8) is 0 Å². The van der Waals surface area contributed by atoms with Crippen molar-refractivity contribution in [1.82, 2.24) is 4.72 Å². The average Bonchev–Trinajstić information content (AvgIpc) is 3.30. The molecule has 9 heteroatoms. The maximum atomic E-state index is 12.4. The van der Waals surface area contributed by atoms with E-state index in [2.05, 4.69) is 30.8 Å². The zero-order valence-corrected chi connectivity index (χ0v) is 19.9. The first-order valence-corrected chi connectivity index (χ1v) is 12.3. The van der Waals surface area contributed by atoms with Gasteiger partial charge in [-0.2, -0.15) is 0 Å². The fourth-order valence-electron chi connectivity index (χ4n) is 3.33. The summed E-state index contributed by atoms with van der Waals surface area (Å²) in [6.45, 7) is 6.70. The molecule has 1 aliphatic heterocycles. The van der Waals surface area contributed by atoms with Crippen molar-refractivity contribution < 1.29 is 27.5 Å². The average molecular weight is 475 g/mol. The van der Waals surface area contributed by atoms with Crippen LogP contribution in [0.15, 0.2) is 53.4 Å². The van der Waals surface area contributed by atoms with Crippen LogP contribution in [0.25, 0.3) is 0 Å². The second-order valence-electron chi connectivity index (χ2n) is 8.96. The van der Waals surface area contributed by atoms with Crippen LogP contribution in [0.5, 0.6) is 0 Å². The van der Waals surface area contributed by atoms with E-state index in [4.69, 9.17) is 9.47 Å². The highest BCUT2D eigenvalue weighted by molar-refractivity contribution is 7.89. The van der Waals surface area contributed by atoms with Crippen LogP contribution in [0.1, 0.15) is 49.5 Å². The molecule has 1 unspecified atom stereocenters.